The second-order valence-electron chi connectivity index (χ2n) is 10.0. The summed E-state index contributed by atoms with van der Waals surface area (Å²) in [6, 6.07) is 0. The van der Waals surface area contributed by atoms with E-state index in [1.165, 1.54) is 0 Å². The van der Waals surface area contributed by atoms with E-state index in [0.29, 0.717) is 11.1 Å². The average molecular weight is 429 g/mol. The van der Waals surface area contributed by atoms with Crippen molar-refractivity contribution in [1.82, 2.24) is 0 Å². The molecule has 0 aliphatic heterocycles. The minimum Gasteiger partial charge on any atom is -0.417 e. The Morgan fingerprint density at radius 3 is 1.33 bits per heavy atom. The molecule has 0 aromatic heterocycles. The molecular formula is C16H41ClO3Si4. The summed E-state index contributed by atoms with van der Waals surface area (Å²) >= 11 is 7.09. The van der Waals surface area contributed by atoms with Crippen LogP contribution in [0.2, 0.25) is 55.4 Å². The zero-order chi connectivity index (χ0) is 19.8. The highest BCUT2D eigenvalue weighted by atomic mass is 35.6. The van der Waals surface area contributed by atoms with E-state index in [2.05, 4.69) is 87.7 Å². The number of hydrogen-bond donors (Lipinski definition) is 0. The van der Waals surface area contributed by atoms with Crippen molar-refractivity contribution in [2.24, 2.45) is 0 Å². The highest BCUT2D eigenvalue weighted by Crippen LogP contribution is 2.43. The molecule has 0 saturated carbocycles. The van der Waals surface area contributed by atoms with Crippen LogP contribution >= 0.6 is 11.1 Å². The Kier molecular flexibility index (Phi) is 8.30. The average Bonchev–Trinajstić information content (AvgIpc) is 2.21. The van der Waals surface area contributed by atoms with Gasteiger partial charge in [-0.15, -0.1) is 11.1 Å². The van der Waals surface area contributed by atoms with Crippen LogP contribution < -0.4 is 0 Å². The normalized spacial score (nSPS) is 17.5. The maximum Gasteiger partial charge on any atom is 0.467 e. The summed E-state index contributed by atoms with van der Waals surface area (Å²) in [6.07, 6.45) is 0. The maximum atomic E-state index is 7.09. The largest absolute Gasteiger partial charge is 0.467 e. The van der Waals surface area contributed by atoms with E-state index in [4.69, 9.17) is 23.4 Å². The van der Waals surface area contributed by atoms with Gasteiger partial charge in [0, 0.05) is 6.55 Å². The van der Waals surface area contributed by atoms with Gasteiger partial charge in [-0.3, -0.25) is 0 Å². The van der Waals surface area contributed by atoms with Gasteiger partial charge in [-0.2, -0.15) is 0 Å². The zero-order valence-electron chi connectivity index (χ0n) is 18.3. The van der Waals surface area contributed by atoms with Gasteiger partial charge in [0.1, 0.15) is 0 Å². The van der Waals surface area contributed by atoms with Gasteiger partial charge in [0.15, 0.2) is 16.6 Å². The molecule has 0 amide bonds. The number of rotatable bonds is 8. The Labute approximate surface area is 160 Å². The third-order valence-electron chi connectivity index (χ3n) is 4.65. The Balaban J connectivity index is 5.84. The lowest BCUT2D eigenvalue weighted by molar-refractivity contribution is 0.250. The summed E-state index contributed by atoms with van der Waals surface area (Å²) in [4.78, 5) is 0. The molecular weight excluding hydrogens is 388 g/mol. The summed E-state index contributed by atoms with van der Waals surface area (Å²) in [5.41, 5.74) is 0.610. The van der Waals surface area contributed by atoms with Crippen LogP contribution in [0.5, 0.6) is 0 Å². The van der Waals surface area contributed by atoms with E-state index in [-0.39, 0.29) is 5.04 Å². The van der Waals surface area contributed by atoms with Gasteiger partial charge in [-0.25, -0.2) is 0 Å². The van der Waals surface area contributed by atoms with Gasteiger partial charge in [0.25, 0.3) is 7.63 Å². The van der Waals surface area contributed by atoms with E-state index in [1.54, 1.807) is 0 Å². The lowest BCUT2D eigenvalue weighted by Gasteiger charge is -2.47. The minimum absolute atomic E-state index is 0.111. The predicted molar refractivity (Wildman–Crippen MR) is 117 cm³/mol. The van der Waals surface area contributed by atoms with Gasteiger partial charge in [-0.1, -0.05) is 48.5 Å². The molecule has 0 N–H and O–H groups in total. The first kappa shape index (κ1) is 25.0. The third kappa shape index (κ3) is 6.98. The van der Waals surface area contributed by atoms with Crippen molar-refractivity contribution >= 4 is 44.1 Å². The lowest BCUT2D eigenvalue weighted by atomic mass is 10.2. The fraction of sp³-hybridized carbons (Fsp3) is 1.00. The molecule has 0 fully saturated rings. The number of halogens is 1. The first-order chi connectivity index (χ1) is 10.3. The van der Waals surface area contributed by atoms with Crippen molar-refractivity contribution in [3.8, 4) is 0 Å². The molecule has 146 valence electrons. The molecule has 0 spiro atoms. The molecule has 0 radical (unpaired) electrons. The van der Waals surface area contributed by atoms with Gasteiger partial charge in [-0.05, 0) is 48.9 Å². The molecule has 0 bridgehead atoms. The second kappa shape index (κ2) is 7.96. The van der Waals surface area contributed by atoms with E-state index in [9.17, 15) is 0 Å². The van der Waals surface area contributed by atoms with E-state index >= 15 is 0 Å². The molecule has 3 nitrogen and oxygen atoms in total. The first-order valence-corrected chi connectivity index (χ1v) is 20.7. The Morgan fingerprint density at radius 1 is 0.708 bits per heavy atom. The highest BCUT2D eigenvalue weighted by Gasteiger charge is 2.55. The molecule has 8 heteroatoms. The molecule has 0 aliphatic carbocycles. The third-order valence-corrected chi connectivity index (χ3v) is 24.9. The molecule has 1 atom stereocenters. The standard InChI is InChI=1S/C16H41ClO3Si4/c1-14(2)24(17,15(3)4)20-23(13,18-21(8,9)10)19-22(11,12)16(5,6)7/h14-15H,1-13H3. The van der Waals surface area contributed by atoms with Crippen molar-refractivity contribution < 1.29 is 12.3 Å². The van der Waals surface area contributed by atoms with Crippen LogP contribution in [0.15, 0.2) is 0 Å². The number of hydrogen-bond acceptors (Lipinski definition) is 3. The van der Waals surface area contributed by atoms with Crippen LogP contribution in [0, 0.1) is 0 Å². The van der Waals surface area contributed by atoms with Gasteiger partial charge in [0.2, 0.25) is 0 Å². The van der Waals surface area contributed by atoms with Gasteiger partial charge in [0.05, 0.1) is 0 Å². The van der Waals surface area contributed by atoms with Crippen LogP contribution in [0.3, 0.4) is 0 Å². The van der Waals surface area contributed by atoms with Crippen molar-refractivity contribution in [1.29, 1.82) is 0 Å². The van der Waals surface area contributed by atoms with Gasteiger partial charge >= 0.3 is 8.80 Å². The monoisotopic (exact) mass is 428 g/mol. The van der Waals surface area contributed by atoms with E-state index in [0.717, 1.165) is 0 Å². The topological polar surface area (TPSA) is 27.7 Å². The summed E-state index contributed by atoms with van der Waals surface area (Å²) in [5.74, 6) is 0. The van der Waals surface area contributed by atoms with E-state index in [1.807, 2.05) is 0 Å². The summed E-state index contributed by atoms with van der Waals surface area (Å²) < 4.78 is 20.1. The first-order valence-electron chi connectivity index (χ1n) is 9.05. The summed E-state index contributed by atoms with van der Waals surface area (Å²) in [7, 11) is -9.14. The van der Waals surface area contributed by atoms with Crippen LogP contribution in [0.25, 0.3) is 0 Å². The fourth-order valence-corrected chi connectivity index (χ4v) is 20.2. The fourth-order valence-electron chi connectivity index (χ4n) is 2.42. The molecule has 0 aromatic carbocycles. The Bertz CT molecular complexity index is 409. The minimum atomic E-state index is -2.84. The molecule has 0 aliphatic rings. The second-order valence-corrected chi connectivity index (χ2v) is 28.4. The Morgan fingerprint density at radius 2 is 1.08 bits per heavy atom. The lowest BCUT2D eigenvalue weighted by Crippen LogP contribution is -2.62. The quantitative estimate of drug-likeness (QED) is 0.309. The predicted octanol–water partition coefficient (Wildman–Crippen LogP) is 6.95. The van der Waals surface area contributed by atoms with Crippen LogP contribution in [-0.2, 0) is 12.3 Å². The maximum absolute atomic E-state index is 7.09. The van der Waals surface area contributed by atoms with Crippen LogP contribution in [0.4, 0.5) is 0 Å². The molecule has 1 unspecified atom stereocenters. The SMILES string of the molecule is CC(C)[Si](Cl)(O[Si](C)(O[Si](C)(C)C)O[Si](C)(C)C(C)(C)C)C(C)C. The highest BCUT2D eigenvalue weighted by molar-refractivity contribution is 7.20. The van der Waals surface area contributed by atoms with Crippen LogP contribution in [-0.4, -0.2) is 33.1 Å². The molecule has 24 heavy (non-hydrogen) atoms. The molecule has 0 rings (SSSR count). The molecule has 0 aromatic rings. The van der Waals surface area contributed by atoms with Crippen LogP contribution in [0.1, 0.15) is 48.5 Å². The van der Waals surface area contributed by atoms with Crippen molar-refractivity contribution in [2.75, 3.05) is 0 Å². The summed E-state index contributed by atoms with van der Waals surface area (Å²) in [5, 5.41) is 0.111. The van der Waals surface area contributed by atoms with Crippen molar-refractivity contribution in [2.45, 2.75) is 104 Å². The smallest absolute Gasteiger partial charge is 0.417 e. The zero-order valence-corrected chi connectivity index (χ0v) is 23.0. The van der Waals surface area contributed by atoms with Crippen molar-refractivity contribution in [3.05, 3.63) is 0 Å². The van der Waals surface area contributed by atoms with E-state index < -0.39 is 33.1 Å². The van der Waals surface area contributed by atoms with Crippen molar-refractivity contribution in [3.63, 3.8) is 0 Å². The molecule has 0 saturated heterocycles. The van der Waals surface area contributed by atoms with Gasteiger partial charge < -0.3 is 12.3 Å². The molecule has 0 heterocycles. The Hall–Kier alpha value is 1.04. The summed E-state index contributed by atoms with van der Waals surface area (Å²) in [6.45, 7) is 28.6.